The van der Waals surface area contributed by atoms with Crippen molar-refractivity contribution in [1.82, 2.24) is 20.4 Å². The van der Waals surface area contributed by atoms with Crippen molar-refractivity contribution >= 4 is 24.2 Å². The fourth-order valence-corrected chi connectivity index (χ4v) is 1.62. The second-order valence-corrected chi connectivity index (χ2v) is 4.19. The van der Waals surface area contributed by atoms with Gasteiger partial charge in [0.15, 0.2) is 5.82 Å². The van der Waals surface area contributed by atoms with Crippen LogP contribution in [0.2, 0.25) is 0 Å². The topological polar surface area (TPSA) is 95.2 Å². The zero-order chi connectivity index (χ0) is 15.8. The van der Waals surface area contributed by atoms with Gasteiger partial charge in [0, 0.05) is 18.5 Å². The summed E-state index contributed by atoms with van der Waals surface area (Å²) in [4.78, 5) is 40.8. The average molecular weight is 297 g/mol. The van der Waals surface area contributed by atoms with Crippen LogP contribution in [-0.4, -0.2) is 39.6 Å². The van der Waals surface area contributed by atoms with Crippen LogP contribution in [0, 0.1) is 0 Å². The second-order valence-electron chi connectivity index (χ2n) is 4.19. The van der Waals surface area contributed by atoms with Gasteiger partial charge in [-0.3, -0.25) is 19.8 Å². The van der Waals surface area contributed by atoms with E-state index in [1.54, 1.807) is 12.4 Å². The highest BCUT2D eigenvalue weighted by Crippen LogP contribution is 2.01. The zero-order valence-electron chi connectivity index (χ0n) is 11.5. The SMILES string of the molecule is O=[C]CN(NC(=O)c1ncc[nH]1)C(=O)C=Cc1ccccc1. The number of aromatic amines is 1. The second kappa shape index (κ2) is 7.53. The number of nitrogens with zero attached hydrogens (tertiary/aromatic N) is 2. The molecule has 0 aliphatic rings. The number of amides is 2. The van der Waals surface area contributed by atoms with E-state index in [0.717, 1.165) is 10.6 Å². The summed E-state index contributed by atoms with van der Waals surface area (Å²) in [5.74, 6) is -1.13. The maximum Gasteiger partial charge on any atom is 0.305 e. The van der Waals surface area contributed by atoms with E-state index in [0.29, 0.717) is 0 Å². The molecule has 111 valence electrons. The highest BCUT2D eigenvalue weighted by atomic mass is 16.2. The highest BCUT2D eigenvalue weighted by Gasteiger charge is 2.16. The minimum atomic E-state index is -0.623. The lowest BCUT2D eigenvalue weighted by Gasteiger charge is -2.18. The minimum absolute atomic E-state index is 0.0377. The molecule has 0 saturated carbocycles. The Morgan fingerprint density at radius 3 is 2.73 bits per heavy atom. The van der Waals surface area contributed by atoms with Crippen LogP contribution in [-0.2, 0) is 9.59 Å². The lowest BCUT2D eigenvalue weighted by molar-refractivity contribution is -0.127. The van der Waals surface area contributed by atoms with E-state index in [-0.39, 0.29) is 12.4 Å². The maximum atomic E-state index is 12.0. The lowest BCUT2D eigenvalue weighted by atomic mass is 10.2. The van der Waals surface area contributed by atoms with Gasteiger partial charge in [-0.15, -0.1) is 0 Å². The first-order chi connectivity index (χ1) is 10.7. The molecule has 1 heterocycles. The standard InChI is InChI=1S/C15H13N4O3/c20-11-10-19(18-15(22)14-16-8-9-17-14)13(21)7-6-12-4-2-1-3-5-12/h1-9H,10H2,(H,16,17)(H,18,22). The summed E-state index contributed by atoms with van der Waals surface area (Å²) in [7, 11) is 0. The number of hydrogen-bond acceptors (Lipinski definition) is 4. The molecule has 0 fully saturated rings. The Balaban J connectivity index is 2.03. The lowest BCUT2D eigenvalue weighted by Crippen LogP contribution is -2.46. The van der Waals surface area contributed by atoms with Crippen LogP contribution in [0.25, 0.3) is 6.08 Å². The summed E-state index contributed by atoms with van der Waals surface area (Å²) < 4.78 is 0. The summed E-state index contributed by atoms with van der Waals surface area (Å²) >= 11 is 0. The fourth-order valence-electron chi connectivity index (χ4n) is 1.62. The molecule has 2 rings (SSSR count). The molecule has 0 atom stereocenters. The van der Waals surface area contributed by atoms with Crippen LogP contribution in [0.5, 0.6) is 0 Å². The zero-order valence-corrected chi connectivity index (χ0v) is 11.5. The van der Waals surface area contributed by atoms with E-state index in [4.69, 9.17) is 0 Å². The molecule has 7 heteroatoms. The maximum absolute atomic E-state index is 12.0. The van der Waals surface area contributed by atoms with E-state index in [1.807, 2.05) is 30.3 Å². The van der Waals surface area contributed by atoms with Gasteiger partial charge in [-0.2, -0.15) is 0 Å². The van der Waals surface area contributed by atoms with E-state index in [9.17, 15) is 14.4 Å². The van der Waals surface area contributed by atoms with E-state index < -0.39 is 11.8 Å². The van der Waals surface area contributed by atoms with Crippen molar-refractivity contribution in [2.45, 2.75) is 0 Å². The van der Waals surface area contributed by atoms with Crippen LogP contribution in [0.15, 0.2) is 48.8 Å². The van der Waals surface area contributed by atoms with E-state index in [2.05, 4.69) is 15.4 Å². The monoisotopic (exact) mass is 297 g/mol. The first-order valence-electron chi connectivity index (χ1n) is 6.40. The van der Waals surface area contributed by atoms with Crippen molar-refractivity contribution in [2.75, 3.05) is 6.54 Å². The molecule has 0 spiro atoms. The third-order valence-corrected chi connectivity index (χ3v) is 2.66. The highest BCUT2D eigenvalue weighted by molar-refractivity contribution is 5.96. The molecule has 0 unspecified atom stereocenters. The van der Waals surface area contributed by atoms with Crippen LogP contribution < -0.4 is 5.43 Å². The number of rotatable bonds is 5. The van der Waals surface area contributed by atoms with Crippen molar-refractivity contribution in [2.24, 2.45) is 0 Å². The van der Waals surface area contributed by atoms with Gasteiger partial charge in [-0.25, -0.2) is 9.99 Å². The molecular formula is C15H13N4O3. The smallest absolute Gasteiger partial charge is 0.305 e. The third-order valence-electron chi connectivity index (χ3n) is 2.66. The molecule has 2 aromatic rings. The van der Waals surface area contributed by atoms with Gasteiger partial charge >= 0.3 is 5.91 Å². The summed E-state index contributed by atoms with van der Waals surface area (Å²) in [6, 6.07) is 9.17. The van der Waals surface area contributed by atoms with Gasteiger partial charge in [0.05, 0.1) is 0 Å². The summed E-state index contributed by atoms with van der Waals surface area (Å²) in [5, 5.41) is 0.858. The molecule has 0 aliphatic heterocycles. The van der Waals surface area contributed by atoms with Gasteiger partial charge in [0.2, 0.25) is 6.29 Å². The van der Waals surface area contributed by atoms with Crippen molar-refractivity contribution < 1.29 is 14.4 Å². The van der Waals surface area contributed by atoms with Crippen LogP contribution in [0.3, 0.4) is 0 Å². The number of carbonyl (C=O) groups excluding carboxylic acids is 3. The number of nitrogens with one attached hydrogen (secondary N) is 2. The molecule has 0 bridgehead atoms. The summed E-state index contributed by atoms with van der Waals surface area (Å²) in [5.41, 5.74) is 3.12. The Kier molecular flexibility index (Phi) is 5.20. The number of benzene rings is 1. The minimum Gasteiger partial charge on any atom is -0.340 e. The number of hydrogen-bond donors (Lipinski definition) is 2. The molecule has 1 aromatic heterocycles. The van der Waals surface area contributed by atoms with Gasteiger partial charge < -0.3 is 4.98 Å². The molecule has 0 aliphatic carbocycles. The summed E-state index contributed by atoms with van der Waals surface area (Å²) in [6.07, 6.45) is 7.29. The molecule has 2 amide bonds. The number of carbonyl (C=O) groups is 2. The molecule has 0 saturated heterocycles. The fraction of sp³-hybridized carbons (Fsp3) is 0.0667. The average Bonchev–Trinajstić information content (AvgIpc) is 3.07. The molecule has 2 N–H and O–H groups in total. The van der Waals surface area contributed by atoms with Gasteiger partial charge in [0.25, 0.3) is 5.91 Å². The molecule has 22 heavy (non-hydrogen) atoms. The first-order valence-corrected chi connectivity index (χ1v) is 6.40. The van der Waals surface area contributed by atoms with Crippen LogP contribution in [0.4, 0.5) is 0 Å². The quantitative estimate of drug-likeness (QED) is 0.627. The van der Waals surface area contributed by atoms with Crippen molar-refractivity contribution in [1.29, 1.82) is 0 Å². The number of imidazole rings is 1. The molecule has 1 aromatic carbocycles. The van der Waals surface area contributed by atoms with E-state index >= 15 is 0 Å². The van der Waals surface area contributed by atoms with Crippen LogP contribution >= 0.6 is 0 Å². The van der Waals surface area contributed by atoms with Gasteiger partial charge in [-0.05, 0) is 11.6 Å². The Morgan fingerprint density at radius 1 is 1.32 bits per heavy atom. The normalized spacial score (nSPS) is 10.4. The third kappa shape index (κ3) is 4.14. The predicted octanol–water partition coefficient (Wildman–Crippen LogP) is 0.706. The van der Waals surface area contributed by atoms with Crippen LogP contribution in [0.1, 0.15) is 16.2 Å². The van der Waals surface area contributed by atoms with Gasteiger partial charge in [-0.1, -0.05) is 30.3 Å². The van der Waals surface area contributed by atoms with Gasteiger partial charge in [0.1, 0.15) is 6.54 Å². The van der Waals surface area contributed by atoms with Crippen molar-refractivity contribution in [3.05, 3.63) is 60.2 Å². The molecular weight excluding hydrogens is 284 g/mol. The van der Waals surface area contributed by atoms with E-state index in [1.165, 1.54) is 18.5 Å². The Bertz CT molecular complexity index is 665. The van der Waals surface area contributed by atoms with Crippen molar-refractivity contribution in [3.63, 3.8) is 0 Å². The predicted molar refractivity (Wildman–Crippen MR) is 78.9 cm³/mol. The Labute approximate surface area is 126 Å². The number of aromatic nitrogens is 2. The van der Waals surface area contributed by atoms with Crippen molar-refractivity contribution in [3.8, 4) is 0 Å². The number of hydrazine groups is 1. The molecule has 1 radical (unpaired) electrons. The first kappa shape index (κ1) is 15.2. The largest absolute Gasteiger partial charge is 0.340 e. The number of H-pyrrole nitrogens is 1. The Morgan fingerprint density at radius 2 is 2.09 bits per heavy atom. The molecule has 7 nitrogen and oxygen atoms in total. The summed E-state index contributed by atoms with van der Waals surface area (Å²) in [6.45, 7) is -0.385. The Hall–Kier alpha value is -3.22.